The van der Waals surface area contributed by atoms with E-state index < -0.39 is 5.41 Å². The molecule has 4 heterocycles. The van der Waals surface area contributed by atoms with Gasteiger partial charge in [0.1, 0.15) is 5.41 Å². The Bertz CT molecular complexity index is 1290. The molecular formula is C22H19N7OS. The molecule has 0 aromatic carbocycles. The van der Waals surface area contributed by atoms with Crippen molar-refractivity contribution in [1.82, 2.24) is 19.7 Å². The van der Waals surface area contributed by atoms with E-state index in [-0.39, 0.29) is 23.8 Å². The van der Waals surface area contributed by atoms with Crippen LogP contribution in [0.15, 0.2) is 24.0 Å². The van der Waals surface area contributed by atoms with Gasteiger partial charge in [-0.15, -0.1) is 11.3 Å². The summed E-state index contributed by atoms with van der Waals surface area (Å²) >= 11 is 1.46. The van der Waals surface area contributed by atoms with Gasteiger partial charge in [0, 0.05) is 18.3 Å². The molecule has 6 rings (SSSR count). The third-order valence-electron chi connectivity index (χ3n) is 6.95. The van der Waals surface area contributed by atoms with Crippen LogP contribution < -0.4 is 4.90 Å². The minimum Gasteiger partial charge on any atom is -0.294 e. The van der Waals surface area contributed by atoms with Gasteiger partial charge in [0.25, 0.3) is 0 Å². The standard InChI is InChI=1S/C22H19N7OS/c23-8-13-5-16(6-13)29-10-14(9-26-29)17-7-18-19(31-12-25-18)20(27-17)28-4-3-22(11-24,21(28)30)15-1-2-15/h7,9-10,12-13,15-16H,1-6H2/t13?,16?,22-/m1/s1. The molecule has 154 valence electrons. The highest BCUT2D eigenvalue weighted by molar-refractivity contribution is 7.17. The second-order valence-corrected chi connectivity index (χ2v) is 9.61. The summed E-state index contributed by atoms with van der Waals surface area (Å²) in [6.07, 6.45) is 7.83. The summed E-state index contributed by atoms with van der Waals surface area (Å²) in [7, 11) is 0. The summed E-state index contributed by atoms with van der Waals surface area (Å²) < 4.78 is 2.77. The van der Waals surface area contributed by atoms with Gasteiger partial charge in [0.2, 0.25) is 5.91 Å². The molecule has 2 aliphatic carbocycles. The molecule has 3 aliphatic rings. The lowest BCUT2D eigenvalue weighted by atomic mass is 9.81. The van der Waals surface area contributed by atoms with Crippen molar-refractivity contribution in [2.75, 3.05) is 11.4 Å². The normalized spacial score (nSPS) is 27.8. The number of nitrogens with zero attached hydrogens (tertiary/aromatic N) is 7. The molecule has 0 N–H and O–H groups in total. The first-order chi connectivity index (χ1) is 15.1. The molecule has 1 aliphatic heterocycles. The Labute approximate surface area is 182 Å². The van der Waals surface area contributed by atoms with Crippen LogP contribution in [0, 0.1) is 39.9 Å². The number of nitriles is 2. The zero-order chi connectivity index (χ0) is 21.2. The molecule has 1 atom stereocenters. The van der Waals surface area contributed by atoms with Crippen LogP contribution in [0.25, 0.3) is 21.5 Å². The number of carbonyl (C=O) groups excluding carboxylic acids is 1. The maximum atomic E-state index is 13.4. The Morgan fingerprint density at radius 2 is 2.10 bits per heavy atom. The smallest absolute Gasteiger partial charge is 0.249 e. The van der Waals surface area contributed by atoms with Gasteiger partial charge in [-0.2, -0.15) is 15.6 Å². The molecular weight excluding hydrogens is 410 g/mol. The molecule has 0 unspecified atom stereocenters. The molecule has 0 radical (unpaired) electrons. The lowest BCUT2D eigenvalue weighted by molar-refractivity contribution is -0.123. The lowest BCUT2D eigenvalue weighted by Gasteiger charge is -2.30. The van der Waals surface area contributed by atoms with Gasteiger partial charge in [-0.25, -0.2) is 9.97 Å². The van der Waals surface area contributed by atoms with Crippen LogP contribution in [0.4, 0.5) is 5.82 Å². The van der Waals surface area contributed by atoms with E-state index in [1.807, 2.05) is 16.9 Å². The van der Waals surface area contributed by atoms with E-state index in [0.29, 0.717) is 24.5 Å². The van der Waals surface area contributed by atoms with Crippen molar-refractivity contribution >= 4 is 33.3 Å². The third-order valence-corrected chi connectivity index (χ3v) is 7.79. The molecule has 3 fully saturated rings. The summed E-state index contributed by atoms with van der Waals surface area (Å²) in [5.41, 5.74) is 3.22. The highest BCUT2D eigenvalue weighted by Gasteiger charge is 2.57. The topological polar surface area (TPSA) is 111 Å². The number of aromatic nitrogens is 4. The van der Waals surface area contributed by atoms with Gasteiger partial charge >= 0.3 is 0 Å². The van der Waals surface area contributed by atoms with E-state index >= 15 is 0 Å². The van der Waals surface area contributed by atoms with Crippen molar-refractivity contribution in [3.05, 3.63) is 24.0 Å². The number of amides is 1. The van der Waals surface area contributed by atoms with Crippen LogP contribution in [0.3, 0.4) is 0 Å². The number of anilines is 1. The molecule has 31 heavy (non-hydrogen) atoms. The number of fused-ring (bicyclic) bond motifs is 1. The fourth-order valence-electron chi connectivity index (χ4n) is 4.85. The number of pyridine rings is 1. The lowest BCUT2D eigenvalue weighted by Crippen LogP contribution is -2.35. The number of hydrogen-bond donors (Lipinski definition) is 0. The van der Waals surface area contributed by atoms with Crippen molar-refractivity contribution in [2.24, 2.45) is 17.3 Å². The second-order valence-electron chi connectivity index (χ2n) is 8.76. The quantitative estimate of drug-likeness (QED) is 0.625. The average Bonchev–Trinajstić information content (AvgIpc) is 3.17. The van der Waals surface area contributed by atoms with Gasteiger partial charge < -0.3 is 0 Å². The maximum Gasteiger partial charge on any atom is 0.249 e. The number of carbonyl (C=O) groups is 1. The summed E-state index contributed by atoms with van der Waals surface area (Å²) in [6, 6.07) is 6.82. The van der Waals surface area contributed by atoms with Crippen LogP contribution in [0.2, 0.25) is 0 Å². The van der Waals surface area contributed by atoms with E-state index in [1.165, 1.54) is 11.3 Å². The molecule has 9 heteroatoms. The monoisotopic (exact) mass is 429 g/mol. The molecule has 3 aromatic rings. The molecule has 1 saturated heterocycles. The Balaban J connectivity index is 1.37. The summed E-state index contributed by atoms with van der Waals surface area (Å²) in [4.78, 5) is 24.4. The zero-order valence-corrected chi connectivity index (χ0v) is 17.5. The SMILES string of the molecule is N#CC1CC(n2cc(-c3cc4ncsc4c(N4CC[C@@](C#N)(C5CC5)C4=O)n3)cn2)C1. The van der Waals surface area contributed by atoms with Gasteiger partial charge in [-0.05, 0) is 44.1 Å². The molecule has 2 saturated carbocycles. The number of thiazole rings is 1. The van der Waals surface area contributed by atoms with Crippen LogP contribution in [0.1, 0.15) is 38.1 Å². The Kier molecular flexibility index (Phi) is 3.93. The van der Waals surface area contributed by atoms with Crippen molar-refractivity contribution < 1.29 is 4.79 Å². The Morgan fingerprint density at radius 3 is 2.84 bits per heavy atom. The highest BCUT2D eigenvalue weighted by atomic mass is 32.1. The van der Waals surface area contributed by atoms with Gasteiger partial charge in [-0.3, -0.25) is 14.4 Å². The first-order valence-corrected chi connectivity index (χ1v) is 11.4. The van der Waals surface area contributed by atoms with Crippen LogP contribution >= 0.6 is 11.3 Å². The molecule has 0 spiro atoms. The van der Waals surface area contributed by atoms with Crippen molar-refractivity contribution in [3.63, 3.8) is 0 Å². The Morgan fingerprint density at radius 1 is 1.26 bits per heavy atom. The van der Waals surface area contributed by atoms with Gasteiger partial charge in [-0.1, -0.05) is 0 Å². The first-order valence-electron chi connectivity index (χ1n) is 10.5. The van der Waals surface area contributed by atoms with Gasteiger partial charge in [0.15, 0.2) is 5.82 Å². The fourth-order valence-corrected chi connectivity index (χ4v) is 5.62. The largest absolute Gasteiger partial charge is 0.294 e. The number of rotatable bonds is 4. The molecule has 0 bridgehead atoms. The maximum absolute atomic E-state index is 13.4. The van der Waals surface area contributed by atoms with Crippen molar-refractivity contribution in [2.45, 2.75) is 38.1 Å². The van der Waals surface area contributed by atoms with Crippen LogP contribution in [-0.2, 0) is 4.79 Å². The summed E-state index contributed by atoms with van der Waals surface area (Å²) in [5.74, 6) is 0.762. The van der Waals surface area contributed by atoms with Crippen molar-refractivity contribution in [1.29, 1.82) is 10.5 Å². The average molecular weight is 430 g/mol. The van der Waals surface area contributed by atoms with Gasteiger partial charge in [0.05, 0.1) is 51.7 Å². The van der Waals surface area contributed by atoms with E-state index in [1.54, 1.807) is 16.6 Å². The van der Waals surface area contributed by atoms with E-state index in [4.69, 9.17) is 10.2 Å². The summed E-state index contributed by atoms with van der Waals surface area (Å²) in [5, 5.41) is 23.3. The minimum absolute atomic E-state index is 0.113. The van der Waals surface area contributed by atoms with Crippen LogP contribution in [0.5, 0.6) is 0 Å². The van der Waals surface area contributed by atoms with Crippen LogP contribution in [-0.4, -0.2) is 32.2 Å². The number of hydrogen-bond acceptors (Lipinski definition) is 7. The predicted molar refractivity (Wildman–Crippen MR) is 114 cm³/mol. The minimum atomic E-state index is -0.902. The molecule has 1 amide bonds. The van der Waals surface area contributed by atoms with E-state index in [0.717, 1.165) is 41.5 Å². The Hall–Kier alpha value is -3.30. The zero-order valence-electron chi connectivity index (χ0n) is 16.7. The second kappa shape index (κ2) is 6.60. The first kappa shape index (κ1) is 18.5. The predicted octanol–water partition coefficient (Wildman–Crippen LogP) is 3.69. The third kappa shape index (κ3) is 2.70. The highest BCUT2D eigenvalue weighted by Crippen LogP contribution is 2.52. The van der Waals surface area contributed by atoms with Crippen molar-refractivity contribution in [3.8, 4) is 23.4 Å². The van der Waals surface area contributed by atoms with E-state index in [9.17, 15) is 10.1 Å². The molecule has 3 aromatic heterocycles. The van der Waals surface area contributed by atoms with E-state index in [2.05, 4.69) is 22.2 Å². The fraction of sp³-hybridized carbons (Fsp3) is 0.455. The molecule has 8 nitrogen and oxygen atoms in total. The summed E-state index contributed by atoms with van der Waals surface area (Å²) in [6.45, 7) is 0.503.